The molecule has 0 unspecified atom stereocenters. The number of nitrogens with one attached hydrogen (secondary N) is 1. The molecule has 0 bridgehead atoms. The summed E-state index contributed by atoms with van der Waals surface area (Å²) in [5.74, 6) is -0.228. The van der Waals surface area contributed by atoms with Crippen LogP contribution in [0.15, 0.2) is 24.3 Å². The van der Waals surface area contributed by atoms with Crippen LogP contribution in [0.1, 0.15) is 10.4 Å². The molecule has 1 heterocycles. The third-order valence-electron chi connectivity index (χ3n) is 3.37. The first kappa shape index (κ1) is 17.7. The van der Waals surface area contributed by atoms with Gasteiger partial charge in [0.2, 0.25) is 0 Å². The molecule has 0 aliphatic rings. The van der Waals surface area contributed by atoms with E-state index in [1.165, 1.54) is 31.6 Å². The molecule has 5 nitrogen and oxygen atoms in total. The Hall–Kier alpha value is -2.09. The maximum atomic E-state index is 13.6. The number of hydrogen-bond acceptors (Lipinski definition) is 5. The normalized spacial score (nSPS) is 10.8. The summed E-state index contributed by atoms with van der Waals surface area (Å²) in [7, 11) is 3.06. The Bertz CT molecular complexity index is 937. The van der Waals surface area contributed by atoms with Gasteiger partial charge in [0.15, 0.2) is 16.6 Å². The first-order valence-corrected chi connectivity index (χ1v) is 8.48. The van der Waals surface area contributed by atoms with Crippen molar-refractivity contribution in [3.8, 4) is 11.5 Å². The fraction of sp³-hybridized carbons (Fsp3) is 0.125. The first-order valence-electron chi connectivity index (χ1n) is 6.91. The van der Waals surface area contributed by atoms with Crippen molar-refractivity contribution in [3.63, 3.8) is 0 Å². The second-order valence-corrected chi connectivity index (χ2v) is 6.74. The third kappa shape index (κ3) is 3.49. The number of nitrogens with zero attached hydrogens (tertiary/aromatic N) is 1. The van der Waals surface area contributed by atoms with Gasteiger partial charge in [-0.15, -0.1) is 0 Å². The Morgan fingerprint density at radius 3 is 2.48 bits per heavy atom. The number of carbonyl (C=O) groups is 1. The molecule has 0 radical (unpaired) electrons. The zero-order chi connectivity index (χ0) is 18.1. The number of rotatable bonds is 4. The summed E-state index contributed by atoms with van der Waals surface area (Å²) in [6.07, 6.45) is 0. The van der Waals surface area contributed by atoms with Gasteiger partial charge in [0.1, 0.15) is 5.82 Å². The zero-order valence-corrected chi connectivity index (χ0v) is 15.4. The third-order valence-corrected chi connectivity index (χ3v) is 4.90. The molecule has 0 saturated heterocycles. The van der Waals surface area contributed by atoms with E-state index in [4.69, 9.17) is 32.7 Å². The van der Waals surface area contributed by atoms with Gasteiger partial charge in [-0.3, -0.25) is 10.1 Å². The maximum absolute atomic E-state index is 13.6. The fourth-order valence-electron chi connectivity index (χ4n) is 2.17. The fourth-order valence-corrected chi connectivity index (χ4v) is 3.51. The number of thiazole rings is 1. The van der Waals surface area contributed by atoms with E-state index in [9.17, 15) is 9.18 Å². The molecule has 2 aromatic carbocycles. The molecule has 3 aromatic rings. The highest BCUT2D eigenvalue weighted by molar-refractivity contribution is 7.22. The van der Waals surface area contributed by atoms with E-state index in [-0.39, 0.29) is 15.6 Å². The standard InChI is InChI=1S/C16H11Cl2FN2O3S/c1-23-12-5-11-14(6-13(12)24-2)25-16(20-11)21-15(22)7-3-10(19)9(18)4-8(7)17/h3-6H,1-2H3,(H,20,21,22). The molecule has 1 aromatic heterocycles. The van der Waals surface area contributed by atoms with Crippen LogP contribution in [0.3, 0.4) is 0 Å². The van der Waals surface area contributed by atoms with Crippen LogP contribution in [0.5, 0.6) is 11.5 Å². The lowest BCUT2D eigenvalue weighted by Crippen LogP contribution is -2.12. The lowest BCUT2D eigenvalue weighted by Gasteiger charge is -2.05. The number of aromatic nitrogens is 1. The van der Waals surface area contributed by atoms with Crippen LogP contribution in [0.2, 0.25) is 10.0 Å². The van der Waals surface area contributed by atoms with Crippen molar-refractivity contribution in [1.82, 2.24) is 4.98 Å². The highest BCUT2D eigenvalue weighted by atomic mass is 35.5. The molecular weight excluding hydrogens is 390 g/mol. The smallest absolute Gasteiger partial charge is 0.259 e. The molecule has 1 N–H and O–H groups in total. The number of amides is 1. The number of carbonyl (C=O) groups excluding carboxylic acids is 1. The van der Waals surface area contributed by atoms with Crippen molar-refractivity contribution in [2.45, 2.75) is 0 Å². The summed E-state index contributed by atoms with van der Waals surface area (Å²) in [6, 6.07) is 5.63. The predicted octanol–water partition coefficient (Wildman–Crippen LogP) is 5.01. The van der Waals surface area contributed by atoms with E-state index >= 15 is 0 Å². The van der Waals surface area contributed by atoms with E-state index in [1.54, 1.807) is 12.1 Å². The molecule has 0 fully saturated rings. The molecule has 0 aliphatic heterocycles. The van der Waals surface area contributed by atoms with Gasteiger partial charge < -0.3 is 9.47 Å². The van der Waals surface area contributed by atoms with Crippen molar-refractivity contribution in [2.75, 3.05) is 19.5 Å². The Kier molecular flexibility index (Phi) is 4.99. The van der Waals surface area contributed by atoms with Gasteiger partial charge in [-0.05, 0) is 12.1 Å². The van der Waals surface area contributed by atoms with Crippen molar-refractivity contribution < 1.29 is 18.7 Å². The van der Waals surface area contributed by atoms with Gasteiger partial charge >= 0.3 is 0 Å². The molecule has 0 atom stereocenters. The predicted molar refractivity (Wildman–Crippen MR) is 97.1 cm³/mol. The SMILES string of the molecule is COc1cc2nc(NC(=O)c3cc(F)c(Cl)cc3Cl)sc2cc1OC. The summed E-state index contributed by atoms with van der Waals surface area (Å²) in [5.41, 5.74) is 0.601. The number of ether oxygens (including phenoxy) is 2. The Morgan fingerprint density at radius 1 is 1.12 bits per heavy atom. The van der Waals surface area contributed by atoms with E-state index < -0.39 is 11.7 Å². The molecule has 0 aliphatic carbocycles. The minimum atomic E-state index is -0.727. The lowest BCUT2D eigenvalue weighted by molar-refractivity contribution is 0.102. The topological polar surface area (TPSA) is 60.5 Å². The summed E-state index contributed by atoms with van der Waals surface area (Å²) >= 11 is 12.8. The van der Waals surface area contributed by atoms with E-state index in [2.05, 4.69) is 10.3 Å². The molecule has 1 amide bonds. The van der Waals surface area contributed by atoms with Gasteiger partial charge in [0.05, 0.1) is 40.0 Å². The van der Waals surface area contributed by atoms with E-state index in [0.717, 1.165) is 10.8 Å². The molecule has 25 heavy (non-hydrogen) atoms. The van der Waals surface area contributed by atoms with Crippen LogP contribution in [-0.4, -0.2) is 25.1 Å². The molecule has 130 valence electrons. The van der Waals surface area contributed by atoms with Crippen LogP contribution in [0.4, 0.5) is 9.52 Å². The number of fused-ring (bicyclic) bond motifs is 1. The average molecular weight is 401 g/mol. The lowest BCUT2D eigenvalue weighted by atomic mass is 10.2. The van der Waals surface area contributed by atoms with Gasteiger partial charge in [0, 0.05) is 12.1 Å². The highest BCUT2D eigenvalue weighted by Gasteiger charge is 2.17. The summed E-state index contributed by atoms with van der Waals surface area (Å²) in [4.78, 5) is 16.7. The van der Waals surface area contributed by atoms with Gasteiger partial charge in [-0.1, -0.05) is 34.5 Å². The Balaban J connectivity index is 1.92. The van der Waals surface area contributed by atoms with Gasteiger partial charge in [-0.25, -0.2) is 9.37 Å². The van der Waals surface area contributed by atoms with Gasteiger partial charge in [-0.2, -0.15) is 0 Å². The van der Waals surface area contributed by atoms with Crippen LogP contribution in [-0.2, 0) is 0 Å². The van der Waals surface area contributed by atoms with E-state index in [1.807, 2.05) is 0 Å². The summed E-state index contributed by atoms with van der Waals surface area (Å²) in [6.45, 7) is 0. The van der Waals surface area contributed by atoms with Crippen molar-refractivity contribution in [2.24, 2.45) is 0 Å². The number of methoxy groups -OCH3 is 2. The Labute approximate surface area is 156 Å². The molecular formula is C16H11Cl2FN2O3S. The van der Waals surface area contributed by atoms with Gasteiger partial charge in [0.25, 0.3) is 5.91 Å². The molecule has 9 heteroatoms. The highest BCUT2D eigenvalue weighted by Crippen LogP contribution is 2.36. The summed E-state index contributed by atoms with van der Waals surface area (Å²) in [5, 5.41) is 2.83. The van der Waals surface area contributed by atoms with Crippen molar-refractivity contribution in [3.05, 3.63) is 45.7 Å². The number of benzene rings is 2. The zero-order valence-electron chi connectivity index (χ0n) is 13.0. The summed E-state index contributed by atoms with van der Waals surface area (Å²) < 4.78 is 24.8. The molecule has 0 spiro atoms. The van der Waals surface area contributed by atoms with Crippen LogP contribution in [0, 0.1) is 5.82 Å². The van der Waals surface area contributed by atoms with Crippen molar-refractivity contribution in [1.29, 1.82) is 0 Å². The minimum Gasteiger partial charge on any atom is -0.493 e. The van der Waals surface area contributed by atoms with Crippen molar-refractivity contribution >= 4 is 55.8 Å². The number of anilines is 1. The van der Waals surface area contributed by atoms with Crippen LogP contribution < -0.4 is 14.8 Å². The number of hydrogen-bond donors (Lipinski definition) is 1. The largest absolute Gasteiger partial charge is 0.493 e. The minimum absolute atomic E-state index is 0.0296. The average Bonchev–Trinajstić information content (AvgIpc) is 2.97. The van der Waals surface area contributed by atoms with Crippen LogP contribution >= 0.6 is 34.5 Å². The van der Waals surface area contributed by atoms with Crippen LogP contribution in [0.25, 0.3) is 10.2 Å². The van der Waals surface area contributed by atoms with E-state index in [0.29, 0.717) is 22.1 Å². The monoisotopic (exact) mass is 400 g/mol. The second-order valence-electron chi connectivity index (χ2n) is 4.89. The maximum Gasteiger partial charge on any atom is 0.259 e. The molecule has 3 rings (SSSR count). The Morgan fingerprint density at radius 2 is 1.80 bits per heavy atom. The molecule has 0 saturated carbocycles. The second kappa shape index (κ2) is 7.03. The number of halogens is 3. The quantitative estimate of drug-likeness (QED) is 0.625. The first-order chi connectivity index (χ1) is 11.9.